The van der Waals surface area contributed by atoms with Crippen LogP contribution in [-0.2, 0) is 6.61 Å². The molecule has 0 fully saturated rings. The maximum absolute atomic E-state index is 12.4. The molecular weight excluding hydrogens is 404 g/mol. The van der Waals surface area contributed by atoms with Crippen molar-refractivity contribution in [2.45, 2.75) is 13.5 Å². The van der Waals surface area contributed by atoms with Crippen molar-refractivity contribution in [3.8, 4) is 5.75 Å². The number of anilines is 1. The van der Waals surface area contributed by atoms with Crippen molar-refractivity contribution < 1.29 is 14.3 Å². The molecule has 0 atom stereocenters. The van der Waals surface area contributed by atoms with E-state index in [1.54, 1.807) is 36.4 Å². The van der Waals surface area contributed by atoms with Crippen LogP contribution in [0, 0.1) is 6.92 Å². The molecule has 7 nitrogen and oxygen atoms in total. The highest BCUT2D eigenvalue weighted by atomic mass is 35.5. The van der Waals surface area contributed by atoms with E-state index >= 15 is 0 Å². The first-order valence-electron chi connectivity index (χ1n) is 9.33. The molecule has 0 unspecified atom stereocenters. The van der Waals surface area contributed by atoms with Crippen LogP contribution in [0.25, 0.3) is 0 Å². The third-order valence-corrected chi connectivity index (χ3v) is 4.23. The zero-order valence-electron chi connectivity index (χ0n) is 16.6. The Morgan fingerprint density at radius 2 is 1.83 bits per heavy atom. The van der Waals surface area contributed by atoms with Crippen LogP contribution in [0.1, 0.15) is 32.1 Å². The van der Waals surface area contributed by atoms with Gasteiger partial charge in [-0.2, -0.15) is 0 Å². The molecule has 3 rings (SSSR count). The van der Waals surface area contributed by atoms with Crippen LogP contribution < -0.4 is 21.1 Å². The molecule has 30 heavy (non-hydrogen) atoms. The number of rotatable bonds is 8. The number of hydrogen-bond donors (Lipinski definition) is 4. The molecular formula is C22H25ClN4O3. The third-order valence-electron chi connectivity index (χ3n) is 4.23. The molecule has 2 amide bonds. The topological polar surface area (TPSA) is 109 Å². The number of aryl methyl sites for hydroxylation is 1. The lowest BCUT2D eigenvalue weighted by Gasteiger charge is -2.13. The number of amides is 2. The Kier molecular flexibility index (Phi) is 8.46. The zero-order valence-corrected chi connectivity index (χ0v) is 17.4. The SMILES string of the molecule is Cc1ccc(C(=O)Nc2ccccc2OCc2cccc(C(=O)NCCN)c2)[nH]1.Cl. The van der Waals surface area contributed by atoms with Crippen molar-refractivity contribution in [3.63, 3.8) is 0 Å². The number of ether oxygens (including phenoxy) is 1. The summed E-state index contributed by atoms with van der Waals surface area (Å²) in [7, 11) is 0. The Balaban J connectivity index is 0.00000320. The lowest BCUT2D eigenvalue weighted by molar-refractivity contribution is 0.0953. The van der Waals surface area contributed by atoms with Crippen LogP contribution in [0.5, 0.6) is 5.75 Å². The fourth-order valence-corrected chi connectivity index (χ4v) is 2.77. The van der Waals surface area contributed by atoms with Crippen molar-refractivity contribution in [1.29, 1.82) is 0 Å². The highest BCUT2D eigenvalue weighted by molar-refractivity contribution is 6.03. The maximum atomic E-state index is 12.4. The van der Waals surface area contributed by atoms with Crippen LogP contribution >= 0.6 is 12.4 Å². The van der Waals surface area contributed by atoms with Crippen molar-refractivity contribution >= 4 is 29.9 Å². The second-order valence-corrected chi connectivity index (χ2v) is 6.54. The van der Waals surface area contributed by atoms with Gasteiger partial charge in [-0.3, -0.25) is 9.59 Å². The van der Waals surface area contributed by atoms with Crippen molar-refractivity contribution in [1.82, 2.24) is 10.3 Å². The fraction of sp³-hybridized carbons (Fsp3) is 0.182. The molecule has 0 aliphatic rings. The first-order valence-corrected chi connectivity index (χ1v) is 9.33. The number of aromatic amines is 1. The lowest BCUT2D eigenvalue weighted by Crippen LogP contribution is -2.29. The standard InChI is InChI=1S/C22H24N4O3.ClH/c1-15-9-10-19(25-15)22(28)26-18-7-2-3-8-20(18)29-14-16-5-4-6-17(13-16)21(27)24-12-11-23;/h2-10,13,25H,11-12,14,23H2,1H3,(H,24,27)(H,26,28);1H. The number of benzene rings is 2. The maximum Gasteiger partial charge on any atom is 0.272 e. The van der Waals surface area contributed by atoms with Crippen molar-refractivity contribution in [2.24, 2.45) is 5.73 Å². The van der Waals surface area contributed by atoms with Gasteiger partial charge in [0.25, 0.3) is 11.8 Å². The van der Waals surface area contributed by atoms with Crippen LogP contribution in [0.15, 0.2) is 60.7 Å². The van der Waals surface area contributed by atoms with E-state index in [-0.39, 0.29) is 30.8 Å². The second kappa shape index (κ2) is 11.0. The molecule has 0 spiro atoms. The Labute approximate surface area is 181 Å². The van der Waals surface area contributed by atoms with Gasteiger partial charge in [-0.15, -0.1) is 12.4 Å². The molecule has 0 aliphatic carbocycles. The smallest absolute Gasteiger partial charge is 0.272 e. The van der Waals surface area contributed by atoms with Crippen LogP contribution in [-0.4, -0.2) is 29.9 Å². The average Bonchev–Trinajstić information content (AvgIpc) is 3.18. The second-order valence-electron chi connectivity index (χ2n) is 6.54. The Hall–Kier alpha value is -3.29. The molecule has 0 radical (unpaired) electrons. The summed E-state index contributed by atoms with van der Waals surface area (Å²) in [4.78, 5) is 27.5. The molecule has 0 bridgehead atoms. The van der Waals surface area contributed by atoms with Gasteiger partial charge in [0.2, 0.25) is 0 Å². The van der Waals surface area contributed by atoms with Gasteiger partial charge in [0.15, 0.2) is 0 Å². The molecule has 5 N–H and O–H groups in total. The molecule has 8 heteroatoms. The monoisotopic (exact) mass is 428 g/mol. The lowest BCUT2D eigenvalue weighted by atomic mass is 10.1. The predicted octanol–water partition coefficient (Wildman–Crippen LogP) is 3.26. The van der Waals surface area contributed by atoms with Gasteiger partial charge in [0.05, 0.1) is 5.69 Å². The fourth-order valence-electron chi connectivity index (χ4n) is 2.77. The van der Waals surface area contributed by atoms with E-state index in [2.05, 4.69) is 15.6 Å². The minimum Gasteiger partial charge on any atom is -0.487 e. The van der Waals surface area contributed by atoms with Gasteiger partial charge in [-0.1, -0.05) is 24.3 Å². The molecule has 0 aliphatic heterocycles. The van der Waals surface area contributed by atoms with E-state index in [1.807, 2.05) is 31.2 Å². The number of halogens is 1. The van der Waals surface area contributed by atoms with Gasteiger partial charge in [0.1, 0.15) is 18.1 Å². The quantitative estimate of drug-likeness (QED) is 0.441. The van der Waals surface area contributed by atoms with Crippen LogP contribution in [0.4, 0.5) is 5.69 Å². The minimum absolute atomic E-state index is 0. The minimum atomic E-state index is -0.243. The normalized spacial score (nSPS) is 10.1. The highest BCUT2D eigenvalue weighted by Gasteiger charge is 2.12. The summed E-state index contributed by atoms with van der Waals surface area (Å²) in [5.41, 5.74) is 8.76. The summed E-state index contributed by atoms with van der Waals surface area (Å²) < 4.78 is 5.90. The zero-order chi connectivity index (χ0) is 20.6. The molecule has 0 saturated carbocycles. The molecule has 1 heterocycles. The third kappa shape index (κ3) is 6.10. The summed E-state index contributed by atoms with van der Waals surface area (Å²) in [5.74, 6) is 0.126. The number of H-pyrrole nitrogens is 1. The number of nitrogens with two attached hydrogens (primary N) is 1. The molecule has 3 aromatic rings. The largest absolute Gasteiger partial charge is 0.487 e. The van der Waals surface area contributed by atoms with E-state index in [4.69, 9.17) is 10.5 Å². The highest BCUT2D eigenvalue weighted by Crippen LogP contribution is 2.25. The van der Waals surface area contributed by atoms with Crippen LogP contribution in [0.2, 0.25) is 0 Å². The van der Waals surface area contributed by atoms with Gasteiger partial charge in [-0.05, 0) is 48.9 Å². The van der Waals surface area contributed by atoms with Gasteiger partial charge in [-0.25, -0.2) is 0 Å². The Bertz CT molecular complexity index is 1000. The Morgan fingerprint density at radius 3 is 2.57 bits per heavy atom. The number of carbonyl (C=O) groups is 2. The first kappa shape index (κ1) is 23.0. The number of carbonyl (C=O) groups excluding carboxylic acids is 2. The van der Waals surface area contributed by atoms with Gasteiger partial charge < -0.3 is 26.1 Å². The van der Waals surface area contributed by atoms with Crippen molar-refractivity contribution in [3.05, 3.63) is 83.2 Å². The number of aromatic nitrogens is 1. The van der Waals surface area contributed by atoms with E-state index in [0.29, 0.717) is 35.8 Å². The number of para-hydroxylation sites is 2. The summed E-state index contributed by atoms with van der Waals surface area (Å²) in [6.45, 7) is 2.96. The molecule has 2 aromatic carbocycles. The summed E-state index contributed by atoms with van der Waals surface area (Å²) in [6.07, 6.45) is 0. The van der Waals surface area contributed by atoms with E-state index in [1.165, 1.54) is 0 Å². The van der Waals surface area contributed by atoms with Gasteiger partial charge in [0, 0.05) is 24.3 Å². The first-order chi connectivity index (χ1) is 14.1. The van der Waals surface area contributed by atoms with Crippen molar-refractivity contribution in [2.75, 3.05) is 18.4 Å². The summed E-state index contributed by atoms with van der Waals surface area (Å²) in [6, 6.07) is 18.0. The van der Waals surface area contributed by atoms with E-state index in [9.17, 15) is 9.59 Å². The summed E-state index contributed by atoms with van der Waals surface area (Å²) in [5, 5.41) is 5.60. The molecule has 158 valence electrons. The van der Waals surface area contributed by atoms with E-state index in [0.717, 1.165) is 11.3 Å². The summed E-state index contributed by atoms with van der Waals surface area (Å²) >= 11 is 0. The van der Waals surface area contributed by atoms with Crippen LogP contribution in [0.3, 0.4) is 0 Å². The number of nitrogens with one attached hydrogen (secondary N) is 3. The van der Waals surface area contributed by atoms with E-state index < -0.39 is 0 Å². The molecule has 0 saturated heterocycles. The number of hydrogen-bond acceptors (Lipinski definition) is 4. The Morgan fingerprint density at radius 1 is 1.03 bits per heavy atom. The predicted molar refractivity (Wildman–Crippen MR) is 119 cm³/mol. The molecule has 1 aromatic heterocycles. The van der Waals surface area contributed by atoms with Gasteiger partial charge >= 0.3 is 0 Å². The average molecular weight is 429 g/mol.